The van der Waals surface area contributed by atoms with Gasteiger partial charge >= 0.3 is 0 Å². The number of hydrogen-bond acceptors (Lipinski definition) is 5. The van der Waals surface area contributed by atoms with Gasteiger partial charge in [-0.25, -0.2) is 4.98 Å². The van der Waals surface area contributed by atoms with E-state index in [1.165, 1.54) is 11.3 Å². The van der Waals surface area contributed by atoms with Crippen molar-refractivity contribution in [2.75, 3.05) is 6.54 Å². The molecule has 6 nitrogen and oxygen atoms in total. The van der Waals surface area contributed by atoms with Gasteiger partial charge in [-0.05, 0) is 37.1 Å². The fourth-order valence-corrected chi connectivity index (χ4v) is 3.95. The Morgan fingerprint density at radius 2 is 2.04 bits per heavy atom. The highest BCUT2D eigenvalue weighted by atomic mass is 32.1. The van der Waals surface area contributed by atoms with Gasteiger partial charge in [-0.15, -0.1) is 11.3 Å². The molecule has 26 heavy (non-hydrogen) atoms. The second-order valence-corrected chi connectivity index (χ2v) is 6.86. The summed E-state index contributed by atoms with van der Waals surface area (Å²) in [6, 6.07) is 9.81. The second kappa shape index (κ2) is 6.68. The molecule has 130 valence electrons. The highest BCUT2D eigenvalue weighted by Gasteiger charge is 2.22. The Balaban J connectivity index is 1.90. The van der Waals surface area contributed by atoms with Crippen LogP contribution in [0, 0.1) is 6.92 Å². The molecule has 1 aromatic carbocycles. The van der Waals surface area contributed by atoms with Crippen LogP contribution in [-0.2, 0) is 0 Å². The SMILES string of the molecule is CCNC(=O)c1nc(-c2[nH]nc3c(C)cccc23)sc1-c1ccncc1. The summed E-state index contributed by atoms with van der Waals surface area (Å²) >= 11 is 1.47. The van der Waals surface area contributed by atoms with Crippen molar-refractivity contribution in [2.24, 2.45) is 0 Å². The molecule has 0 aliphatic rings. The number of aryl methyl sites for hydroxylation is 1. The minimum atomic E-state index is -0.179. The molecule has 0 radical (unpaired) electrons. The summed E-state index contributed by atoms with van der Waals surface area (Å²) in [6.45, 7) is 4.47. The number of nitrogens with zero attached hydrogens (tertiary/aromatic N) is 3. The van der Waals surface area contributed by atoms with Crippen molar-refractivity contribution in [2.45, 2.75) is 13.8 Å². The third kappa shape index (κ3) is 2.76. The molecule has 4 aromatic rings. The third-order valence-electron chi connectivity index (χ3n) is 4.12. The zero-order valence-corrected chi connectivity index (χ0v) is 15.2. The standard InChI is InChI=1S/C19H17N5OS/c1-3-21-18(25)16-17(12-7-9-20-10-8-12)26-19(22-16)15-13-6-4-5-11(2)14(13)23-24-15/h4-10H,3H2,1-2H3,(H,21,25)(H,23,24). The fraction of sp³-hybridized carbons (Fsp3) is 0.158. The molecule has 0 saturated heterocycles. The van der Waals surface area contributed by atoms with Crippen molar-refractivity contribution in [1.29, 1.82) is 0 Å². The van der Waals surface area contributed by atoms with Crippen LogP contribution in [0.1, 0.15) is 23.0 Å². The number of aromatic amines is 1. The topological polar surface area (TPSA) is 83.6 Å². The van der Waals surface area contributed by atoms with Gasteiger partial charge in [0.1, 0.15) is 16.4 Å². The number of rotatable bonds is 4. The highest BCUT2D eigenvalue weighted by molar-refractivity contribution is 7.18. The molecule has 0 aliphatic carbocycles. The largest absolute Gasteiger partial charge is 0.351 e. The van der Waals surface area contributed by atoms with Crippen LogP contribution in [0.15, 0.2) is 42.7 Å². The number of amides is 1. The molecule has 3 heterocycles. The molecule has 0 spiro atoms. The first-order chi connectivity index (χ1) is 12.7. The zero-order chi connectivity index (χ0) is 18.1. The highest BCUT2D eigenvalue weighted by Crippen LogP contribution is 2.37. The van der Waals surface area contributed by atoms with E-state index in [1.807, 2.05) is 44.2 Å². The monoisotopic (exact) mass is 363 g/mol. The van der Waals surface area contributed by atoms with Crippen LogP contribution in [-0.4, -0.2) is 32.6 Å². The normalized spacial score (nSPS) is 11.0. The first kappa shape index (κ1) is 16.4. The van der Waals surface area contributed by atoms with Crippen LogP contribution < -0.4 is 5.32 Å². The van der Waals surface area contributed by atoms with Gasteiger partial charge in [-0.2, -0.15) is 5.10 Å². The van der Waals surface area contributed by atoms with Crippen molar-refractivity contribution in [1.82, 2.24) is 25.5 Å². The molecule has 0 fully saturated rings. The Hall–Kier alpha value is -3.06. The number of aromatic nitrogens is 4. The summed E-state index contributed by atoms with van der Waals surface area (Å²) in [5.41, 5.74) is 4.19. The van der Waals surface area contributed by atoms with E-state index in [9.17, 15) is 4.79 Å². The molecule has 0 bridgehead atoms. The number of fused-ring (bicyclic) bond motifs is 1. The van der Waals surface area contributed by atoms with Crippen molar-refractivity contribution in [3.8, 4) is 21.1 Å². The van der Waals surface area contributed by atoms with Gasteiger partial charge in [0.25, 0.3) is 5.91 Å². The fourth-order valence-electron chi connectivity index (χ4n) is 2.87. The van der Waals surface area contributed by atoms with Crippen LogP contribution >= 0.6 is 11.3 Å². The molecule has 4 rings (SSSR count). The van der Waals surface area contributed by atoms with Gasteiger partial charge in [0.2, 0.25) is 0 Å². The maximum absolute atomic E-state index is 12.5. The Morgan fingerprint density at radius 3 is 2.81 bits per heavy atom. The van der Waals surface area contributed by atoms with E-state index in [4.69, 9.17) is 0 Å². The van der Waals surface area contributed by atoms with E-state index in [0.717, 1.165) is 37.6 Å². The molecule has 3 aromatic heterocycles. The molecule has 7 heteroatoms. The number of nitrogens with one attached hydrogen (secondary N) is 2. The lowest BCUT2D eigenvalue weighted by molar-refractivity contribution is 0.0952. The van der Waals surface area contributed by atoms with E-state index < -0.39 is 0 Å². The van der Waals surface area contributed by atoms with Crippen LogP contribution in [0.3, 0.4) is 0 Å². The van der Waals surface area contributed by atoms with Gasteiger partial charge in [0, 0.05) is 24.3 Å². The lowest BCUT2D eigenvalue weighted by Gasteiger charge is -2.02. The minimum Gasteiger partial charge on any atom is -0.351 e. The summed E-state index contributed by atoms with van der Waals surface area (Å²) in [5, 5.41) is 12.1. The van der Waals surface area contributed by atoms with Gasteiger partial charge in [-0.3, -0.25) is 14.9 Å². The van der Waals surface area contributed by atoms with E-state index >= 15 is 0 Å². The summed E-state index contributed by atoms with van der Waals surface area (Å²) < 4.78 is 0. The number of benzene rings is 1. The number of carbonyl (C=O) groups excluding carboxylic acids is 1. The Bertz CT molecular complexity index is 1080. The Labute approximate surface area is 154 Å². The number of carbonyl (C=O) groups is 1. The van der Waals surface area contributed by atoms with Gasteiger partial charge in [-0.1, -0.05) is 18.2 Å². The van der Waals surface area contributed by atoms with E-state index in [-0.39, 0.29) is 5.91 Å². The van der Waals surface area contributed by atoms with E-state index in [2.05, 4.69) is 25.5 Å². The number of hydrogen-bond donors (Lipinski definition) is 2. The molecule has 0 saturated carbocycles. The number of H-pyrrole nitrogens is 1. The molecular weight excluding hydrogens is 346 g/mol. The summed E-state index contributed by atoms with van der Waals surface area (Å²) in [7, 11) is 0. The average Bonchev–Trinajstić information content (AvgIpc) is 3.27. The van der Waals surface area contributed by atoms with Gasteiger partial charge in [0.15, 0.2) is 0 Å². The maximum atomic E-state index is 12.5. The molecule has 1 amide bonds. The van der Waals surface area contributed by atoms with E-state index in [1.54, 1.807) is 12.4 Å². The minimum absolute atomic E-state index is 0.179. The predicted octanol–water partition coefficient (Wildman–Crippen LogP) is 3.81. The van der Waals surface area contributed by atoms with Crippen LogP contribution in [0.5, 0.6) is 0 Å². The Kier molecular flexibility index (Phi) is 4.22. The number of pyridine rings is 1. The smallest absolute Gasteiger partial charge is 0.271 e. The van der Waals surface area contributed by atoms with Crippen LogP contribution in [0.2, 0.25) is 0 Å². The first-order valence-electron chi connectivity index (χ1n) is 8.32. The second-order valence-electron chi connectivity index (χ2n) is 5.86. The van der Waals surface area contributed by atoms with Crippen molar-refractivity contribution < 1.29 is 4.79 Å². The third-order valence-corrected chi connectivity index (χ3v) is 5.24. The average molecular weight is 363 g/mol. The molecule has 0 unspecified atom stereocenters. The van der Waals surface area contributed by atoms with Crippen LogP contribution in [0.4, 0.5) is 0 Å². The number of para-hydroxylation sites is 1. The summed E-state index contributed by atoms with van der Waals surface area (Å²) in [4.78, 5) is 22.1. The summed E-state index contributed by atoms with van der Waals surface area (Å²) in [5.74, 6) is -0.179. The lowest BCUT2D eigenvalue weighted by Crippen LogP contribution is -2.23. The van der Waals surface area contributed by atoms with Crippen molar-refractivity contribution in [3.63, 3.8) is 0 Å². The molecule has 0 aliphatic heterocycles. The molecular formula is C19H17N5OS. The van der Waals surface area contributed by atoms with Crippen molar-refractivity contribution in [3.05, 3.63) is 54.0 Å². The summed E-state index contributed by atoms with van der Waals surface area (Å²) in [6.07, 6.45) is 3.43. The molecule has 2 N–H and O–H groups in total. The van der Waals surface area contributed by atoms with Crippen molar-refractivity contribution >= 4 is 28.1 Å². The first-order valence-corrected chi connectivity index (χ1v) is 9.14. The number of thiazole rings is 1. The maximum Gasteiger partial charge on any atom is 0.271 e. The van der Waals surface area contributed by atoms with Crippen LogP contribution in [0.25, 0.3) is 32.0 Å². The zero-order valence-electron chi connectivity index (χ0n) is 14.4. The Morgan fingerprint density at radius 1 is 1.23 bits per heavy atom. The molecule has 0 atom stereocenters. The predicted molar refractivity (Wildman–Crippen MR) is 103 cm³/mol. The lowest BCUT2D eigenvalue weighted by atomic mass is 10.1. The van der Waals surface area contributed by atoms with Gasteiger partial charge < -0.3 is 5.32 Å². The van der Waals surface area contributed by atoms with Gasteiger partial charge in [0.05, 0.1) is 10.4 Å². The van der Waals surface area contributed by atoms with E-state index in [0.29, 0.717) is 12.2 Å². The quantitative estimate of drug-likeness (QED) is 0.577.